The highest BCUT2D eigenvalue weighted by Crippen LogP contribution is 2.38. The molecule has 0 aromatic carbocycles. The van der Waals surface area contributed by atoms with Gasteiger partial charge in [-0.05, 0) is 40.9 Å². The third-order valence-corrected chi connectivity index (χ3v) is 4.40. The van der Waals surface area contributed by atoms with Gasteiger partial charge in [-0.3, -0.25) is 4.98 Å². The van der Waals surface area contributed by atoms with Crippen LogP contribution in [-0.2, 0) is 0 Å². The third kappa shape index (κ3) is 2.47. The number of anilines is 1. The second-order valence-corrected chi connectivity index (χ2v) is 5.64. The molecule has 2 heterocycles. The molecule has 0 amide bonds. The van der Waals surface area contributed by atoms with Crippen molar-refractivity contribution in [3.05, 3.63) is 34.7 Å². The topological polar surface area (TPSA) is 64.7 Å². The number of rotatable bonds is 2. The molecule has 1 fully saturated rings. The van der Waals surface area contributed by atoms with Crippen LogP contribution in [0.4, 0.5) is 5.82 Å². The molecule has 2 aromatic heterocycles. The van der Waals surface area contributed by atoms with Gasteiger partial charge in [0.1, 0.15) is 5.82 Å². The van der Waals surface area contributed by atoms with E-state index in [9.17, 15) is 0 Å². The van der Waals surface area contributed by atoms with Gasteiger partial charge in [-0.1, -0.05) is 12.8 Å². The molecule has 0 spiro atoms. The highest BCUT2D eigenvalue weighted by molar-refractivity contribution is 9.10. The first-order chi connectivity index (χ1) is 9.25. The summed E-state index contributed by atoms with van der Waals surface area (Å²) < 4.78 is 0.859. The largest absolute Gasteiger partial charge is 0.383 e. The molecular weight excluding hydrogens is 304 g/mol. The van der Waals surface area contributed by atoms with Crippen LogP contribution in [0.1, 0.15) is 37.3 Å². The molecule has 3 rings (SSSR count). The number of nitrogen functional groups attached to an aromatic ring is 1. The zero-order valence-corrected chi connectivity index (χ0v) is 12.1. The minimum Gasteiger partial charge on any atom is -0.383 e. The molecule has 0 radical (unpaired) electrons. The molecule has 1 saturated carbocycles. The highest BCUT2D eigenvalue weighted by atomic mass is 79.9. The number of halogens is 1. The molecule has 1 aliphatic rings. The second-order valence-electron chi connectivity index (χ2n) is 4.85. The maximum Gasteiger partial charge on any atom is 0.161 e. The van der Waals surface area contributed by atoms with E-state index >= 15 is 0 Å². The SMILES string of the molecule is Nc1nc(-c2ccncc2)nc(C2CCCC2)c1Br. The van der Waals surface area contributed by atoms with Crippen molar-refractivity contribution in [2.45, 2.75) is 31.6 Å². The number of pyridine rings is 1. The van der Waals surface area contributed by atoms with Crippen LogP contribution in [0.25, 0.3) is 11.4 Å². The number of nitrogens with zero attached hydrogens (tertiary/aromatic N) is 3. The van der Waals surface area contributed by atoms with E-state index in [1.165, 1.54) is 25.7 Å². The minimum atomic E-state index is 0.500. The van der Waals surface area contributed by atoms with Gasteiger partial charge in [0, 0.05) is 23.9 Å². The van der Waals surface area contributed by atoms with E-state index in [1.807, 2.05) is 12.1 Å². The maximum atomic E-state index is 6.01. The third-order valence-electron chi connectivity index (χ3n) is 3.58. The zero-order chi connectivity index (χ0) is 13.2. The molecule has 1 aliphatic carbocycles. The highest BCUT2D eigenvalue weighted by Gasteiger charge is 2.23. The lowest BCUT2D eigenvalue weighted by Gasteiger charge is -2.13. The first-order valence-corrected chi connectivity index (χ1v) is 7.28. The van der Waals surface area contributed by atoms with E-state index in [0.717, 1.165) is 15.7 Å². The standard InChI is InChI=1S/C14H15BrN4/c15-11-12(9-3-1-2-4-9)18-14(19-13(11)16)10-5-7-17-8-6-10/h5-9H,1-4H2,(H2,16,18,19). The van der Waals surface area contributed by atoms with Crippen LogP contribution in [0.5, 0.6) is 0 Å². The fraction of sp³-hybridized carbons (Fsp3) is 0.357. The fourth-order valence-electron chi connectivity index (χ4n) is 2.58. The monoisotopic (exact) mass is 318 g/mol. The van der Waals surface area contributed by atoms with Crippen molar-refractivity contribution in [1.29, 1.82) is 0 Å². The van der Waals surface area contributed by atoms with Gasteiger partial charge in [0.05, 0.1) is 10.2 Å². The number of aromatic nitrogens is 3. The molecule has 98 valence electrons. The Kier molecular flexibility index (Phi) is 3.46. The summed E-state index contributed by atoms with van der Waals surface area (Å²) in [5.41, 5.74) is 8.02. The first-order valence-electron chi connectivity index (χ1n) is 6.49. The molecule has 19 heavy (non-hydrogen) atoms. The van der Waals surface area contributed by atoms with E-state index in [2.05, 4.69) is 25.9 Å². The van der Waals surface area contributed by atoms with Crippen LogP contribution in [0.2, 0.25) is 0 Å². The molecule has 0 saturated heterocycles. The molecular formula is C14H15BrN4. The van der Waals surface area contributed by atoms with E-state index in [1.54, 1.807) is 12.4 Å². The van der Waals surface area contributed by atoms with Crippen LogP contribution < -0.4 is 5.73 Å². The van der Waals surface area contributed by atoms with Gasteiger partial charge in [0.15, 0.2) is 5.82 Å². The summed E-state index contributed by atoms with van der Waals surface area (Å²) in [6.45, 7) is 0. The molecule has 0 unspecified atom stereocenters. The van der Waals surface area contributed by atoms with Crippen molar-refractivity contribution in [3.63, 3.8) is 0 Å². The Labute approximate surface area is 120 Å². The van der Waals surface area contributed by atoms with Gasteiger partial charge in [-0.2, -0.15) is 0 Å². The van der Waals surface area contributed by atoms with Crippen LogP contribution >= 0.6 is 15.9 Å². The Balaban J connectivity index is 2.07. The summed E-state index contributed by atoms with van der Waals surface area (Å²) in [6, 6.07) is 3.81. The Bertz CT molecular complexity index is 579. The molecule has 2 aromatic rings. The van der Waals surface area contributed by atoms with Gasteiger partial charge >= 0.3 is 0 Å². The smallest absolute Gasteiger partial charge is 0.161 e. The van der Waals surface area contributed by atoms with Gasteiger partial charge in [-0.15, -0.1) is 0 Å². The molecule has 5 heteroatoms. The van der Waals surface area contributed by atoms with Crippen molar-refractivity contribution in [2.75, 3.05) is 5.73 Å². The fourth-order valence-corrected chi connectivity index (χ4v) is 3.08. The molecule has 2 N–H and O–H groups in total. The lowest BCUT2D eigenvalue weighted by molar-refractivity contribution is 0.691. The second kappa shape index (κ2) is 5.25. The molecule has 0 atom stereocenters. The first kappa shape index (κ1) is 12.5. The van der Waals surface area contributed by atoms with E-state index < -0.39 is 0 Å². The maximum absolute atomic E-state index is 6.01. The Morgan fingerprint density at radius 1 is 1.11 bits per heavy atom. The van der Waals surface area contributed by atoms with Gasteiger partial charge < -0.3 is 5.73 Å². The lowest BCUT2D eigenvalue weighted by Crippen LogP contribution is -2.05. The van der Waals surface area contributed by atoms with Crippen molar-refractivity contribution in [3.8, 4) is 11.4 Å². The van der Waals surface area contributed by atoms with Gasteiger partial charge in [0.2, 0.25) is 0 Å². The summed E-state index contributed by atoms with van der Waals surface area (Å²) in [6.07, 6.45) is 8.39. The Morgan fingerprint density at radius 2 is 1.79 bits per heavy atom. The molecule has 0 aliphatic heterocycles. The predicted molar refractivity (Wildman–Crippen MR) is 78.6 cm³/mol. The van der Waals surface area contributed by atoms with Crippen LogP contribution in [0.15, 0.2) is 29.0 Å². The van der Waals surface area contributed by atoms with E-state index in [0.29, 0.717) is 17.6 Å². The summed E-state index contributed by atoms with van der Waals surface area (Å²) in [5, 5.41) is 0. The molecule has 0 bridgehead atoms. The average molecular weight is 319 g/mol. The van der Waals surface area contributed by atoms with Crippen molar-refractivity contribution in [2.24, 2.45) is 0 Å². The summed E-state index contributed by atoms with van der Waals surface area (Å²) in [7, 11) is 0. The number of nitrogens with two attached hydrogens (primary N) is 1. The Hall–Kier alpha value is -1.49. The lowest BCUT2D eigenvalue weighted by atomic mass is 10.0. The zero-order valence-electron chi connectivity index (χ0n) is 10.5. The summed E-state index contributed by atoms with van der Waals surface area (Å²) in [4.78, 5) is 13.1. The average Bonchev–Trinajstić information content (AvgIpc) is 2.96. The van der Waals surface area contributed by atoms with Crippen LogP contribution in [0.3, 0.4) is 0 Å². The number of hydrogen-bond acceptors (Lipinski definition) is 4. The summed E-state index contributed by atoms with van der Waals surface area (Å²) in [5.74, 6) is 1.70. The van der Waals surface area contributed by atoms with E-state index in [4.69, 9.17) is 10.7 Å². The van der Waals surface area contributed by atoms with Crippen molar-refractivity contribution >= 4 is 21.7 Å². The Morgan fingerprint density at radius 3 is 2.47 bits per heavy atom. The molecule has 4 nitrogen and oxygen atoms in total. The van der Waals surface area contributed by atoms with Crippen LogP contribution in [0, 0.1) is 0 Å². The predicted octanol–water partition coefficient (Wildman–Crippen LogP) is 3.54. The van der Waals surface area contributed by atoms with Gasteiger partial charge in [0.25, 0.3) is 0 Å². The minimum absolute atomic E-state index is 0.500. The number of hydrogen-bond donors (Lipinski definition) is 1. The van der Waals surface area contributed by atoms with Crippen molar-refractivity contribution in [1.82, 2.24) is 15.0 Å². The normalized spacial score (nSPS) is 15.8. The summed E-state index contributed by atoms with van der Waals surface area (Å²) >= 11 is 3.53. The van der Waals surface area contributed by atoms with Crippen LogP contribution in [-0.4, -0.2) is 15.0 Å². The van der Waals surface area contributed by atoms with Gasteiger partial charge in [-0.25, -0.2) is 9.97 Å². The quantitative estimate of drug-likeness (QED) is 0.919. The van der Waals surface area contributed by atoms with E-state index in [-0.39, 0.29) is 0 Å². The van der Waals surface area contributed by atoms with Crippen molar-refractivity contribution < 1.29 is 0 Å².